The minimum Gasteiger partial charge on any atom is -0.352 e. The van der Waals surface area contributed by atoms with Crippen LogP contribution in [-0.4, -0.2) is 44.7 Å². The Hall–Kier alpha value is -2.38. The average Bonchev–Trinajstić information content (AvgIpc) is 3.17. The largest absolute Gasteiger partial charge is 0.352 e. The standard InChI is InChI=1S/C18H17ClN4O2S/c1-18(2)16(25)20-7-8-23(18)15(24)14-10-26-17-21-13(9-22(14)17)11-5-3-4-6-12(11)19/h3-6,9-10H,7-8H2,1-2H3,(H,20,25). The number of hydrogen-bond acceptors (Lipinski definition) is 4. The summed E-state index contributed by atoms with van der Waals surface area (Å²) in [5.41, 5.74) is 1.14. The molecule has 26 heavy (non-hydrogen) atoms. The number of imidazole rings is 1. The van der Waals surface area contributed by atoms with Gasteiger partial charge in [-0.1, -0.05) is 29.8 Å². The predicted octanol–water partition coefficient (Wildman–Crippen LogP) is 3.07. The molecule has 6 nitrogen and oxygen atoms in total. The van der Waals surface area contributed by atoms with Crippen molar-refractivity contribution in [2.45, 2.75) is 19.4 Å². The molecule has 134 valence electrons. The van der Waals surface area contributed by atoms with Crippen LogP contribution >= 0.6 is 22.9 Å². The van der Waals surface area contributed by atoms with Crippen molar-refractivity contribution in [1.82, 2.24) is 19.6 Å². The van der Waals surface area contributed by atoms with Gasteiger partial charge in [-0.25, -0.2) is 4.98 Å². The van der Waals surface area contributed by atoms with Gasteiger partial charge < -0.3 is 10.2 Å². The number of benzene rings is 1. The number of carbonyl (C=O) groups is 2. The molecule has 1 aliphatic heterocycles. The zero-order chi connectivity index (χ0) is 18.5. The van der Waals surface area contributed by atoms with Gasteiger partial charge in [0, 0.05) is 30.2 Å². The Morgan fingerprint density at radius 3 is 2.88 bits per heavy atom. The molecule has 3 heterocycles. The van der Waals surface area contributed by atoms with E-state index >= 15 is 0 Å². The Kier molecular flexibility index (Phi) is 4.00. The Labute approximate surface area is 159 Å². The second-order valence-corrected chi connectivity index (χ2v) is 7.89. The van der Waals surface area contributed by atoms with Gasteiger partial charge in [0.25, 0.3) is 5.91 Å². The number of halogens is 1. The van der Waals surface area contributed by atoms with Crippen LogP contribution in [0.1, 0.15) is 24.3 Å². The SMILES string of the molecule is CC1(C)C(=O)NCCN1C(=O)c1csc2nc(-c3ccccc3Cl)cn12. The fourth-order valence-electron chi connectivity index (χ4n) is 3.13. The summed E-state index contributed by atoms with van der Waals surface area (Å²) in [6, 6.07) is 7.47. The Bertz CT molecular complexity index is 1020. The first-order chi connectivity index (χ1) is 12.4. The fourth-order valence-corrected chi connectivity index (χ4v) is 4.21. The van der Waals surface area contributed by atoms with Crippen molar-refractivity contribution in [1.29, 1.82) is 0 Å². The maximum Gasteiger partial charge on any atom is 0.272 e. The van der Waals surface area contributed by atoms with E-state index in [1.807, 2.05) is 30.5 Å². The molecule has 1 aromatic carbocycles. The van der Waals surface area contributed by atoms with Crippen molar-refractivity contribution in [3.05, 3.63) is 46.6 Å². The maximum absolute atomic E-state index is 13.1. The molecule has 1 saturated heterocycles. The molecule has 4 rings (SSSR count). The molecule has 1 N–H and O–H groups in total. The zero-order valence-corrected chi connectivity index (χ0v) is 15.9. The number of fused-ring (bicyclic) bond motifs is 1. The number of nitrogens with zero attached hydrogens (tertiary/aromatic N) is 3. The van der Waals surface area contributed by atoms with E-state index in [-0.39, 0.29) is 11.8 Å². The highest BCUT2D eigenvalue weighted by atomic mass is 35.5. The summed E-state index contributed by atoms with van der Waals surface area (Å²) in [6.07, 6.45) is 1.82. The minimum atomic E-state index is -0.893. The van der Waals surface area contributed by atoms with Gasteiger partial charge in [-0.15, -0.1) is 11.3 Å². The first kappa shape index (κ1) is 17.1. The maximum atomic E-state index is 13.1. The normalized spacial score (nSPS) is 16.7. The molecule has 1 aliphatic rings. The van der Waals surface area contributed by atoms with Crippen molar-refractivity contribution in [2.24, 2.45) is 0 Å². The lowest BCUT2D eigenvalue weighted by Gasteiger charge is -2.40. The van der Waals surface area contributed by atoms with Gasteiger partial charge >= 0.3 is 0 Å². The van der Waals surface area contributed by atoms with Crippen LogP contribution in [0.3, 0.4) is 0 Å². The van der Waals surface area contributed by atoms with Crippen LogP contribution in [-0.2, 0) is 4.79 Å². The average molecular weight is 389 g/mol. The molecule has 0 atom stereocenters. The topological polar surface area (TPSA) is 66.7 Å². The van der Waals surface area contributed by atoms with E-state index in [4.69, 9.17) is 11.6 Å². The van der Waals surface area contributed by atoms with Crippen LogP contribution in [0.5, 0.6) is 0 Å². The Balaban J connectivity index is 1.75. The third kappa shape index (κ3) is 2.59. The summed E-state index contributed by atoms with van der Waals surface area (Å²) < 4.78 is 1.77. The van der Waals surface area contributed by atoms with Gasteiger partial charge in [-0.2, -0.15) is 0 Å². The van der Waals surface area contributed by atoms with Gasteiger partial charge in [0.15, 0.2) is 4.96 Å². The molecule has 0 saturated carbocycles. The van der Waals surface area contributed by atoms with Crippen LogP contribution < -0.4 is 5.32 Å². The number of amides is 2. The predicted molar refractivity (Wildman–Crippen MR) is 102 cm³/mol. The second-order valence-electron chi connectivity index (χ2n) is 6.65. The number of nitrogens with one attached hydrogen (secondary N) is 1. The molecular formula is C18H17ClN4O2S. The lowest BCUT2D eigenvalue weighted by Crippen LogP contribution is -2.63. The number of carbonyl (C=O) groups excluding carboxylic acids is 2. The van der Waals surface area contributed by atoms with Gasteiger partial charge in [0.2, 0.25) is 5.91 Å². The molecular weight excluding hydrogens is 372 g/mol. The summed E-state index contributed by atoms with van der Waals surface area (Å²) in [5, 5.41) is 5.20. The van der Waals surface area contributed by atoms with Gasteiger partial charge in [0.05, 0.1) is 10.7 Å². The minimum absolute atomic E-state index is 0.147. The van der Waals surface area contributed by atoms with Gasteiger partial charge in [-0.05, 0) is 19.9 Å². The summed E-state index contributed by atoms with van der Waals surface area (Å²) >= 11 is 7.65. The van der Waals surface area contributed by atoms with Crippen molar-refractivity contribution in [3.8, 4) is 11.3 Å². The number of rotatable bonds is 2. The number of thiazole rings is 1. The third-order valence-electron chi connectivity index (χ3n) is 4.67. The monoisotopic (exact) mass is 388 g/mol. The van der Waals surface area contributed by atoms with E-state index in [2.05, 4.69) is 10.3 Å². The van der Waals surface area contributed by atoms with E-state index in [9.17, 15) is 9.59 Å². The van der Waals surface area contributed by atoms with E-state index in [1.165, 1.54) is 11.3 Å². The summed E-state index contributed by atoms with van der Waals surface area (Å²) in [7, 11) is 0. The fraction of sp³-hybridized carbons (Fsp3) is 0.278. The smallest absolute Gasteiger partial charge is 0.272 e. The molecule has 3 aromatic rings. The number of hydrogen-bond donors (Lipinski definition) is 1. The molecule has 0 unspecified atom stereocenters. The van der Waals surface area contributed by atoms with Gasteiger partial charge in [0.1, 0.15) is 11.2 Å². The van der Waals surface area contributed by atoms with Crippen LogP contribution in [0.2, 0.25) is 5.02 Å². The molecule has 1 fully saturated rings. The molecule has 0 aliphatic carbocycles. The molecule has 2 aromatic heterocycles. The van der Waals surface area contributed by atoms with Crippen LogP contribution in [0.15, 0.2) is 35.8 Å². The van der Waals surface area contributed by atoms with E-state index < -0.39 is 5.54 Å². The highest BCUT2D eigenvalue weighted by molar-refractivity contribution is 7.15. The van der Waals surface area contributed by atoms with Gasteiger partial charge in [-0.3, -0.25) is 14.0 Å². The third-order valence-corrected chi connectivity index (χ3v) is 5.84. The van der Waals surface area contributed by atoms with E-state index in [1.54, 1.807) is 28.5 Å². The zero-order valence-electron chi connectivity index (χ0n) is 14.3. The van der Waals surface area contributed by atoms with Crippen LogP contribution in [0.25, 0.3) is 16.2 Å². The van der Waals surface area contributed by atoms with Crippen LogP contribution in [0, 0.1) is 0 Å². The molecule has 0 radical (unpaired) electrons. The number of aromatic nitrogens is 2. The van der Waals surface area contributed by atoms with Crippen molar-refractivity contribution in [2.75, 3.05) is 13.1 Å². The lowest BCUT2D eigenvalue weighted by molar-refractivity contribution is -0.133. The second kappa shape index (κ2) is 6.10. The summed E-state index contributed by atoms with van der Waals surface area (Å²) in [6.45, 7) is 4.44. The first-order valence-corrected chi connectivity index (χ1v) is 9.47. The first-order valence-electron chi connectivity index (χ1n) is 8.21. The summed E-state index contributed by atoms with van der Waals surface area (Å²) in [5.74, 6) is -0.329. The van der Waals surface area contributed by atoms with E-state index in [0.717, 1.165) is 5.56 Å². The molecule has 8 heteroatoms. The highest BCUT2D eigenvalue weighted by Gasteiger charge is 2.41. The summed E-state index contributed by atoms with van der Waals surface area (Å²) in [4.78, 5) is 32.2. The van der Waals surface area contributed by atoms with Crippen molar-refractivity contribution in [3.63, 3.8) is 0 Å². The Morgan fingerprint density at radius 1 is 1.35 bits per heavy atom. The van der Waals surface area contributed by atoms with Crippen LogP contribution in [0.4, 0.5) is 0 Å². The van der Waals surface area contributed by atoms with Crippen molar-refractivity contribution < 1.29 is 9.59 Å². The molecule has 0 spiro atoms. The van der Waals surface area contributed by atoms with Crippen molar-refractivity contribution >= 4 is 39.7 Å². The van der Waals surface area contributed by atoms with E-state index in [0.29, 0.717) is 34.5 Å². The quantitative estimate of drug-likeness (QED) is 0.733. The lowest BCUT2D eigenvalue weighted by atomic mass is 9.98. The molecule has 0 bridgehead atoms. The molecule has 2 amide bonds. The number of piperazine rings is 1. The highest BCUT2D eigenvalue weighted by Crippen LogP contribution is 2.30. The Morgan fingerprint density at radius 2 is 2.12 bits per heavy atom.